The van der Waals surface area contributed by atoms with Crippen LogP contribution in [0.25, 0.3) is 0 Å². The van der Waals surface area contributed by atoms with Gasteiger partial charge in [0.25, 0.3) is 0 Å². The monoisotopic (exact) mass is 854 g/mol. The first-order valence-electron chi connectivity index (χ1n) is 23.5. The first-order chi connectivity index (χ1) is 27.9. The Morgan fingerprint density at radius 1 is 0.621 bits per heavy atom. The lowest BCUT2D eigenvalue weighted by molar-refractivity contribution is -0.298. The zero-order chi connectivity index (χ0) is 42.9. The number of rotatable bonds is 40. The topological polar surface area (TPSA) is 212 Å². The van der Waals surface area contributed by atoms with E-state index in [9.17, 15) is 43.3 Å². The lowest BCUT2D eigenvalue weighted by Gasteiger charge is -2.41. The Morgan fingerprint density at radius 2 is 1.00 bits per heavy atom. The van der Waals surface area contributed by atoms with Crippen LogP contribution in [0.4, 0.5) is 0 Å². The number of carbonyl (C=O) groups excluding carboxylic acids is 1. The third-order valence-corrected chi connectivity index (χ3v) is 12.0. The van der Waals surface area contributed by atoms with Gasteiger partial charge in [0.1, 0.15) is 30.5 Å². The van der Waals surface area contributed by atoms with E-state index in [-0.39, 0.29) is 6.42 Å². The maximum atomic E-state index is 13.1. The van der Waals surface area contributed by atoms with Gasteiger partial charge in [0.2, 0.25) is 5.91 Å². The fourth-order valence-electron chi connectivity index (χ4n) is 7.76. The van der Waals surface area contributed by atoms with Crippen molar-refractivity contribution in [1.29, 1.82) is 0 Å². The Balaban J connectivity index is 2.49. The maximum Gasteiger partial charge on any atom is 0.397 e. The van der Waals surface area contributed by atoms with Gasteiger partial charge in [-0.05, 0) is 12.8 Å². The van der Waals surface area contributed by atoms with E-state index >= 15 is 0 Å². The van der Waals surface area contributed by atoms with E-state index in [2.05, 4.69) is 23.3 Å². The summed E-state index contributed by atoms with van der Waals surface area (Å²) in [6, 6.07) is -1.03. The number of amides is 1. The van der Waals surface area contributed by atoms with Crippen LogP contribution in [-0.4, -0.2) is 107 Å². The molecule has 1 rings (SSSR count). The fourth-order valence-corrected chi connectivity index (χ4v) is 8.27. The molecule has 0 aliphatic carbocycles. The van der Waals surface area contributed by atoms with Crippen molar-refractivity contribution >= 4 is 16.3 Å². The second-order valence-electron chi connectivity index (χ2n) is 16.9. The highest BCUT2D eigenvalue weighted by Gasteiger charge is 2.48. The maximum absolute atomic E-state index is 13.1. The van der Waals surface area contributed by atoms with Gasteiger partial charge in [-0.3, -0.25) is 9.35 Å². The van der Waals surface area contributed by atoms with E-state index < -0.39 is 78.5 Å². The van der Waals surface area contributed by atoms with Gasteiger partial charge in [-0.15, -0.1) is 0 Å². The predicted octanol–water partition coefficient (Wildman–Crippen LogP) is 7.97. The van der Waals surface area contributed by atoms with Crippen molar-refractivity contribution in [3.63, 3.8) is 0 Å². The molecule has 0 saturated carbocycles. The summed E-state index contributed by atoms with van der Waals surface area (Å²) in [7, 11) is -5.10. The largest absolute Gasteiger partial charge is 0.397 e. The van der Waals surface area contributed by atoms with Crippen LogP contribution in [0.15, 0.2) is 0 Å². The molecule has 58 heavy (non-hydrogen) atoms. The van der Waals surface area contributed by atoms with Gasteiger partial charge < -0.3 is 40.3 Å². The first kappa shape index (κ1) is 55.1. The van der Waals surface area contributed by atoms with Gasteiger partial charge in [0.15, 0.2) is 6.29 Å². The number of aliphatic hydroxyl groups excluding tert-OH is 5. The van der Waals surface area contributed by atoms with Crippen molar-refractivity contribution in [3.05, 3.63) is 0 Å². The summed E-state index contributed by atoms with van der Waals surface area (Å²) in [6.07, 6.45) is 24.5. The molecule has 1 amide bonds. The lowest BCUT2D eigenvalue weighted by Crippen LogP contribution is -2.61. The molecule has 0 radical (unpaired) electrons. The van der Waals surface area contributed by atoms with E-state index in [0.29, 0.717) is 19.3 Å². The van der Waals surface area contributed by atoms with Crippen molar-refractivity contribution in [2.24, 2.45) is 0 Å². The Bertz CT molecular complexity index is 1070. The Labute approximate surface area is 352 Å². The average molecular weight is 854 g/mol. The second kappa shape index (κ2) is 35.6. The van der Waals surface area contributed by atoms with Crippen molar-refractivity contribution in [3.8, 4) is 0 Å². The number of hydrogen-bond donors (Lipinski definition) is 7. The highest BCUT2D eigenvalue weighted by Crippen LogP contribution is 2.26. The molecule has 1 saturated heterocycles. The molecule has 14 heteroatoms. The van der Waals surface area contributed by atoms with Crippen molar-refractivity contribution in [2.45, 2.75) is 262 Å². The summed E-state index contributed by atoms with van der Waals surface area (Å²) in [5.74, 6) is -0.669. The average Bonchev–Trinajstić information content (AvgIpc) is 3.19. The minimum atomic E-state index is -5.10. The van der Waals surface area contributed by atoms with E-state index in [1.807, 2.05) is 0 Å². The van der Waals surface area contributed by atoms with E-state index in [4.69, 9.17) is 9.47 Å². The van der Waals surface area contributed by atoms with Gasteiger partial charge in [-0.2, -0.15) is 8.42 Å². The molecule has 1 fully saturated rings. The third-order valence-electron chi connectivity index (χ3n) is 11.5. The summed E-state index contributed by atoms with van der Waals surface area (Å²) < 4.78 is 47.5. The standard InChI is InChI=1S/C44H87NO12S/c1-3-5-7-9-11-13-14-15-16-17-18-19-20-21-22-23-25-26-28-30-32-37(47)36(45-43(51)38(48)33-31-29-27-24-12-10-8-6-4-2)35-55-44-41(50)42(57-58(52,53)54)40(49)39(34-46)56-44/h36-42,44,46-50H,3-35H2,1-2H3,(H,45,51)(H,52,53,54). The summed E-state index contributed by atoms with van der Waals surface area (Å²) >= 11 is 0. The third kappa shape index (κ3) is 27.8. The molecular formula is C44H87NO12S. The van der Waals surface area contributed by atoms with E-state index in [1.165, 1.54) is 135 Å². The molecular weight excluding hydrogens is 767 g/mol. The number of carbonyl (C=O) groups is 1. The SMILES string of the molecule is CCCCCCCCCCCCCCCCCCCCCCC(O)C(COC1OC(CO)C(O)C(OS(=O)(=O)O)C1O)NC(=O)C(O)CCCCCCCCCCC. The first-order valence-corrected chi connectivity index (χ1v) is 24.9. The summed E-state index contributed by atoms with van der Waals surface area (Å²) in [6.45, 7) is 3.26. The molecule has 0 aromatic rings. The van der Waals surface area contributed by atoms with Crippen molar-refractivity contribution < 1.29 is 57.0 Å². The number of unbranched alkanes of at least 4 members (excludes halogenated alkanes) is 27. The van der Waals surface area contributed by atoms with E-state index in [0.717, 1.165) is 38.5 Å². The molecule has 0 bridgehead atoms. The smallest absolute Gasteiger partial charge is 0.394 e. The lowest BCUT2D eigenvalue weighted by atomic mass is 9.99. The van der Waals surface area contributed by atoms with Gasteiger partial charge >= 0.3 is 10.4 Å². The zero-order valence-corrected chi connectivity index (χ0v) is 37.3. The van der Waals surface area contributed by atoms with Crippen LogP contribution in [-0.2, 0) is 28.9 Å². The van der Waals surface area contributed by atoms with Crippen LogP contribution in [0.3, 0.4) is 0 Å². The zero-order valence-electron chi connectivity index (χ0n) is 36.5. The normalized spacial score (nSPS) is 21.6. The Hall–Kier alpha value is -0.940. The van der Waals surface area contributed by atoms with Gasteiger partial charge in [-0.25, -0.2) is 4.18 Å². The Morgan fingerprint density at radius 3 is 1.38 bits per heavy atom. The van der Waals surface area contributed by atoms with Crippen molar-refractivity contribution in [1.82, 2.24) is 5.32 Å². The van der Waals surface area contributed by atoms with Crippen LogP contribution in [0, 0.1) is 0 Å². The van der Waals surface area contributed by atoms with Crippen molar-refractivity contribution in [2.75, 3.05) is 13.2 Å². The minimum Gasteiger partial charge on any atom is -0.394 e. The fraction of sp³-hybridized carbons (Fsp3) is 0.977. The summed E-state index contributed by atoms with van der Waals surface area (Å²) in [5, 5.41) is 55.2. The highest BCUT2D eigenvalue weighted by molar-refractivity contribution is 7.80. The minimum absolute atomic E-state index is 0.264. The molecule has 0 spiro atoms. The molecule has 1 aliphatic rings. The van der Waals surface area contributed by atoms with Crippen LogP contribution in [0.1, 0.15) is 213 Å². The predicted molar refractivity (Wildman–Crippen MR) is 229 cm³/mol. The van der Waals surface area contributed by atoms with Crippen LogP contribution < -0.4 is 5.32 Å². The molecule has 13 nitrogen and oxygen atoms in total. The number of nitrogens with one attached hydrogen (secondary N) is 1. The quantitative estimate of drug-likeness (QED) is 0.0231. The van der Waals surface area contributed by atoms with Crippen LogP contribution in [0.5, 0.6) is 0 Å². The molecule has 7 N–H and O–H groups in total. The molecule has 8 atom stereocenters. The molecule has 0 aromatic carbocycles. The molecule has 1 aliphatic heterocycles. The number of hydrogen-bond acceptors (Lipinski definition) is 11. The summed E-state index contributed by atoms with van der Waals surface area (Å²) in [5.41, 5.74) is 0. The highest BCUT2D eigenvalue weighted by atomic mass is 32.3. The van der Waals surface area contributed by atoms with Crippen LogP contribution >= 0.6 is 0 Å². The van der Waals surface area contributed by atoms with Gasteiger partial charge in [-0.1, -0.05) is 200 Å². The second-order valence-corrected chi connectivity index (χ2v) is 17.9. The van der Waals surface area contributed by atoms with Gasteiger partial charge in [0, 0.05) is 0 Å². The molecule has 346 valence electrons. The summed E-state index contributed by atoms with van der Waals surface area (Å²) in [4.78, 5) is 13.1. The number of aliphatic hydroxyl groups is 5. The molecule has 1 heterocycles. The molecule has 8 unspecified atom stereocenters. The number of ether oxygens (including phenoxy) is 2. The Kier molecular flexibility index (Phi) is 33.8. The van der Waals surface area contributed by atoms with Gasteiger partial charge in [0.05, 0.1) is 25.4 Å². The molecule has 0 aromatic heterocycles. The van der Waals surface area contributed by atoms with E-state index in [1.54, 1.807) is 0 Å². The van der Waals surface area contributed by atoms with Crippen LogP contribution in [0.2, 0.25) is 0 Å².